The van der Waals surface area contributed by atoms with E-state index in [1.807, 2.05) is 36.4 Å². The van der Waals surface area contributed by atoms with Gasteiger partial charge in [0.25, 0.3) is 5.91 Å². The van der Waals surface area contributed by atoms with Crippen molar-refractivity contribution in [2.24, 2.45) is 11.8 Å². The van der Waals surface area contributed by atoms with Crippen molar-refractivity contribution in [3.63, 3.8) is 0 Å². The lowest BCUT2D eigenvalue weighted by molar-refractivity contribution is -0.141. The van der Waals surface area contributed by atoms with Crippen molar-refractivity contribution in [3.05, 3.63) is 42.1 Å². The number of ether oxygens (including phenoxy) is 2. The second kappa shape index (κ2) is 14.4. The van der Waals surface area contributed by atoms with Crippen LogP contribution in [-0.2, 0) is 35.6 Å². The van der Waals surface area contributed by atoms with E-state index in [1.54, 1.807) is 6.92 Å². The Morgan fingerprint density at radius 1 is 0.963 bits per heavy atom. The Kier molecular flexibility index (Phi) is 9.80. The largest absolute Gasteiger partial charge is 0.471 e. The van der Waals surface area contributed by atoms with Gasteiger partial charge in [0.15, 0.2) is 0 Å². The number of para-hydroxylation sites is 2. The SMILES string of the molecule is CC1(S(=O)(=O)NC(=O)C23CC2/C=C\CCCCCC2NC(=O)OC4CC4CCCCCc4nc5ccccc5nc4OC4CC(C(=O)N3)N(C4)C2=O)CC1. The van der Waals surface area contributed by atoms with Crippen LogP contribution in [0.5, 0.6) is 5.88 Å². The van der Waals surface area contributed by atoms with Crippen molar-refractivity contribution in [1.29, 1.82) is 0 Å². The molecule has 15 heteroatoms. The first-order valence-electron chi connectivity index (χ1n) is 19.7. The predicted octanol–water partition coefficient (Wildman–Crippen LogP) is 3.97. The topological polar surface area (TPSA) is 186 Å². The van der Waals surface area contributed by atoms with Gasteiger partial charge in [-0.25, -0.2) is 23.2 Å². The summed E-state index contributed by atoms with van der Waals surface area (Å²) in [5, 5.41) is 5.75. The third kappa shape index (κ3) is 7.52. The Labute approximate surface area is 315 Å². The molecule has 1 aromatic heterocycles. The van der Waals surface area contributed by atoms with Crippen LogP contribution >= 0.6 is 0 Å². The van der Waals surface area contributed by atoms with E-state index in [-0.39, 0.29) is 31.4 Å². The number of aromatic nitrogens is 2. The number of carbonyl (C=O) groups is 4. The number of carbonyl (C=O) groups excluding carboxylic acids is 4. The summed E-state index contributed by atoms with van der Waals surface area (Å²) >= 11 is 0. The number of amides is 4. The van der Waals surface area contributed by atoms with Crippen LogP contribution in [0.2, 0.25) is 0 Å². The smallest absolute Gasteiger partial charge is 0.408 e. The second-order valence-electron chi connectivity index (χ2n) is 16.4. The fraction of sp³-hybridized carbons (Fsp3) is 0.641. The molecule has 1 saturated heterocycles. The molecule has 4 heterocycles. The number of benzene rings is 1. The van der Waals surface area contributed by atoms with E-state index in [1.165, 1.54) is 4.90 Å². The highest BCUT2D eigenvalue weighted by Crippen LogP contribution is 2.47. The third-order valence-electron chi connectivity index (χ3n) is 12.3. The molecule has 2 aromatic rings. The quantitative estimate of drug-likeness (QED) is 0.387. The average molecular weight is 763 g/mol. The van der Waals surface area contributed by atoms with Gasteiger partial charge in [-0.05, 0) is 89.2 Å². The maximum absolute atomic E-state index is 14.6. The molecular weight excluding hydrogens is 713 g/mol. The van der Waals surface area contributed by atoms with E-state index in [4.69, 9.17) is 19.4 Å². The minimum absolute atomic E-state index is 0.0258. The highest BCUT2D eigenvalue weighted by atomic mass is 32.2. The van der Waals surface area contributed by atoms with Crippen LogP contribution in [0.1, 0.15) is 103 Å². The molecule has 6 aliphatic rings. The Morgan fingerprint density at radius 2 is 1.72 bits per heavy atom. The molecule has 0 radical (unpaired) electrons. The van der Waals surface area contributed by atoms with Crippen molar-refractivity contribution in [3.8, 4) is 5.88 Å². The lowest BCUT2D eigenvalue weighted by Crippen LogP contribution is -2.58. The van der Waals surface area contributed by atoms with E-state index >= 15 is 0 Å². The van der Waals surface area contributed by atoms with Gasteiger partial charge >= 0.3 is 6.09 Å². The number of fused-ring (bicyclic) bond motifs is 6. The fourth-order valence-electron chi connectivity index (χ4n) is 8.24. The van der Waals surface area contributed by atoms with Crippen molar-refractivity contribution >= 4 is 44.9 Å². The van der Waals surface area contributed by atoms with Gasteiger partial charge in [0.2, 0.25) is 27.7 Å². The van der Waals surface area contributed by atoms with Gasteiger partial charge in [-0.2, -0.15) is 0 Å². The van der Waals surface area contributed by atoms with Crippen LogP contribution in [0.4, 0.5) is 4.79 Å². The molecule has 3 aliphatic heterocycles. The summed E-state index contributed by atoms with van der Waals surface area (Å²) in [6, 6.07) is 5.54. The van der Waals surface area contributed by atoms with Crippen LogP contribution in [0, 0.1) is 11.8 Å². The Hall–Kier alpha value is -4.27. The van der Waals surface area contributed by atoms with Crippen LogP contribution in [0.25, 0.3) is 11.0 Å². The van der Waals surface area contributed by atoms with Gasteiger partial charge in [-0.1, -0.05) is 50.0 Å². The average Bonchev–Trinajstić information content (AvgIpc) is 4.10. The first-order chi connectivity index (χ1) is 25.9. The molecule has 3 N–H and O–H groups in total. The summed E-state index contributed by atoms with van der Waals surface area (Å²) in [4.78, 5) is 67.3. The van der Waals surface area contributed by atoms with Gasteiger partial charge in [-0.15, -0.1) is 0 Å². The van der Waals surface area contributed by atoms with Gasteiger partial charge in [0.05, 0.1) is 22.3 Å². The van der Waals surface area contributed by atoms with Gasteiger partial charge in [0, 0.05) is 12.3 Å². The number of sulfonamides is 1. The van der Waals surface area contributed by atoms with E-state index in [2.05, 4.69) is 15.4 Å². The first-order valence-corrected chi connectivity index (χ1v) is 21.2. The van der Waals surface area contributed by atoms with Crippen molar-refractivity contribution in [1.82, 2.24) is 30.2 Å². The van der Waals surface area contributed by atoms with Crippen LogP contribution in [0.3, 0.4) is 0 Å². The number of aryl methyl sites for hydroxylation is 1. The number of nitrogens with one attached hydrogen (secondary N) is 3. The Morgan fingerprint density at radius 3 is 2.52 bits per heavy atom. The van der Waals surface area contributed by atoms with Gasteiger partial charge < -0.3 is 25.0 Å². The molecule has 0 spiro atoms. The normalized spacial score (nSPS) is 33.4. The Balaban J connectivity index is 1.12. The summed E-state index contributed by atoms with van der Waals surface area (Å²) in [5.74, 6) is -1.59. The van der Waals surface area contributed by atoms with Gasteiger partial charge in [-0.3, -0.25) is 19.1 Å². The molecule has 8 rings (SSSR count). The molecular formula is C39H50N6O8S. The molecule has 1 aromatic carbocycles. The molecule has 7 atom stereocenters. The number of hydrogen-bond donors (Lipinski definition) is 3. The molecule has 4 fully saturated rings. The van der Waals surface area contributed by atoms with E-state index < -0.39 is 68.2 Å². The van der Waals surface area contributed by atoms with Gasteiger partial charge in [0.1, 0.15) is 35.5 Å². The van der Waals surface area contributed by atoms with Crippen LogP contribution in [0.15, 0.2) is 36.4 Å². The summed E-state index contributed by atoms with van der Waals surface area (Å²) in [6.45, 7) is 1.63. The molecule has 54 heavy (non-hydrogen) atoms. The lowest BCUT2D eigenvalue weighted by Gasteiger charge is -2.30. The maximum Gasteiger partial charge on any atom is 0.408 e. The number of alkyl carbamates (subject to hydrolysis) is 1. The van der Waals surface area contributed by atoms with E-state index in [0.717, 1.165) is 50.5 Å². The Bertz CT molecular complexity index is 1970. The molecule has 3 saturated carbocycles. The first kappa shape index (κ1) is 36.7. The molecule has 7 unspecified atom stereocenters. The highest BCUT2D eigenvalue weighted by molar-refractivity contribution is 7.91. The van der Waals surface area contributed by atoms with E-state index in [9.17, 15) is 27.6 Å². The summed E-state index contributed by atoms with van der Waals surface area (Å²) in [6.07, 6.45) is 12.1. The number of hydrogen-bond acceptors (Lipinski definition) is 10. The third-order valence-corrected chi connectivity index (χ3v) is 14.4. The second-order valence-corrected chi connectivity index (χ2v) is 18.6. The number of nitrogens with zero attached hydrogens (tertiary/aromatic N) is 3. The predicted molar refractivity (Wildman–Crippen MR) is 197 cm³/mol. The minimum atomic E-state index is -3.97. The van der Waals surface area contributed by atoms with E-state index in [0.29, 0.717) is 55.6 Å². The molecule has 290 valence electrons. The zero-order valence-electron chi connectivity index (χ0n) is 30.8. The highest BCUT2D eigenvalue weighted by Gasteiger charge is 2.63. The molecule has 14 nitrogen and oxygen atoms in total. The zero-order chi connectivity index (χ0) is 37.7. The molecule has 3 aliphatic carbocycles. The zero-order valence-corrected chi connectivity index (χ0v) is 31.6. The minimum Gasteiger partial charge on any atom is -0.471 e. The van der Waals surface area contributed by atoms with Crippen molar-refractivity contribution in [2.45, 2.75) is 138 Å². The van der Waals surface area contributed by atoms with Crippen LogP contribution < -0.4 is 20.1 Å². The molecule has 4 amide bonds. The summed E-state index contributed by atoms with van der Waals surface area (Å²) < 4.78 is 39.9. The monoisotopic (exact) mass is 762 g/mol. The molecule has 3 bridgehead atoms. The van der Waals surface area contributed by atoms with Crippen LogP contribution in [-0.4, -0.2) is 88.2 Å². The van der Waals surface area contributed by atoms with Crippen molar-refractivity contribution in [2.75, 3.05) is 6.54 Å². The fourth-order valence-corrected chi connectivity index (χ4v) is 9.55. The summed E-state index contributed by atoms with van der Waals surface area (Å²) in [5.41, 5.74) is 0.632. The lowest BCUT2D eigenvalue weighted by atomic mass is 10.0. The maximum atomic E-state index is 14.6. The van der Waals surface area contributed by atoms with Crippen molar-refractivity contribution < 1.29 is 37.1 Å². The number of rotatable bonds is 3. The summed E-state index contributed by atoms with van der Waals surface area (Å²) in [7, 11) is -3.97. The standard InChI is InChI=1S/C39H50N6O8S/c1-38(18-19-38)54(50,51)44-36(48)39-22-25(39)13-7-3-2-4-8-17-30-35(47)45-23-26(21-31(45)33(46)43-39)52-34-29(40-27-14-10-11-15-28(27)41-34)16-9-5-6-12-24-20-32(24)53-37(49)42-30/h7,10-11,13-15,24-26,30-32H,2-6,8-9,12,16-23H2,1H3,(H,42,49)(H,43,46)(H,44,48)/b13-7-. The number of allylic oxidation sites excluding steroid dienone is 1.